The van der Waals surface area contributed by atoms with E-state index in [1.54, 1.807) is 24.3 Å². The fourth-order valence-corrected chi connectivity index (χ4v) is 4.70. The third kappa shape index (κ3) is 7.59. The van der Waals surface area contributed by atoms with Crippen molar-refractivity contribution in [2.24, 2.45) is 0 Å². The van der Waals surface area contributed by atoms with Crippen molar-refractivity contribution in [3.05, 3.63) is 59.1 Å². The van der Waals surface area contributed by atoms with E-state index < -0.39 is 11.7 Å². The van der Waals surface area contributed by atoms with Crippen molar-refractivity contribution >= 4 is 11.6 Å². The number of nitrogens with zero attached hydrogens (tertiary/aromatic N) is 2. The predicted octanol–water partition coefficient (Wildman–Crippen LogP) is 4.21. The van der Waals surface area contributed by atoms with E-state index in [9.17, 15) is 10.2 Å². The van der Waals surface area contributed by atoms with Crippen molar-refractivity contribution < 1.29 is 19.7 Å². The number of aliphatic hydroxyl groups is 2. The highest BCUT2D eigenvalue weighted by Crippen LogP contribution is 2.26. The molecule has 1 aliphatic heterocycles. The molecule has 2 N–H and O–H groups in total. The van der Waals surface area contributed by atoms with Gasteiger partial charge in [-0.3, -0.25) is 9.80 Å². The van der Waals surface area contributed by atoms with Crippen LogP contribution in [0.4, 0.5) is 0 Å². The molecule has 0 aromatic heterocycles. The highest BCUT2D eigenvalue weighted by atomic mass is 35.5. The fourth-order valence-electron chi connectivity index (χ4n) is 4.52. The van der Waals surface area contributed by atoms with Crippen molar-refractivity contribution in [2.45, 2.75) is 64.4 Å². The number of hydrogen-bond donors (Lipinski definition) is 2. The van der Waals surface area contributed by atoms with Crippen LogP contribution in [-0.4, -0.2) is 76.6 Å². The van der Waals surface area contributed by atoms with Gasteiger partial charge in [0.15, 0.2) is 0 Å². The van der Waals surface area contributed by atoms with Crippen LogP contribution < -0.4 is 9.47 Å². The molecule has 1 aliphatic rings. The van der Waals surface area contributed by atoms with E-state index in [-0.39, 0.29) is 6.61 Å². The van der Waals surface area contributed by atoms with Crippen LogP contribution in [0.25, 0.3) is 0 Å². The minimum atomic E-state index is -1.34. The number of likely N-dealkylation sites (tertiary alicyclic amines) is 1. The third-order valence-corrected chi connectivity index (χ3v) is 6.63. The van der Waals surface area contributed by atoms with Crippen molar-refractivity contribution in [2.75, 3.05) is 32.8 Å². The quantitative estimate of drug-likeness (QED) is 0.492. The van der Waals surface area contributed by atoms with Crippen LogP contribution in [0.15, 0.2) is 48.5 Å². The van der Waals surface area contributed by atoms with Gasteiger partial charge in [-0.15, -0.1) is 0 Å². The zero-order valence-electron chi connectivity index (χ0n) is 20.8. The largest absolute Gasteiger partial charge is 0.492 e. The minimum Gasteiger partial charge on any atom is -0.492 e. The molecule has 0 unspecified atom stereocenters. The molecule has 0 spiro atoms. The van der Waals surface area contributed by atoms with E-state index >= 15 is 0 Å². The number of halogens is 1. The molecule has 188 valence electrons. The Balaban J connectivity index is 1.50. The molecule has 34 heavy (non-hydrogen) atoms. The summed E-state index contributed by atoms with van der Waals surface area (Å²) in [7, 11) is 0. The number of hydrogen-bond acceptors (Lipinski definition) is 6. The van der Waals surface area contributed by atoms with Gasteiger partial charge < -0.3 is 19.7 Å². The van der Waals surface area contributed by atoms with Crippen molar-refractivity contribution in [3.8, 4) is 11.5 Å². The maximum Gasteiger partial charge on any atom is 0.137 e. The second-order valence-corrected chi connectivity index (χ2v) is 10.2. The summed E-state index contributed by atoms with van der Waals surface area (Å²) in [5.74, 6) is 1.43. The summed E-state index contributed by atoms with van der Waals surface area (Å²) in [6, 6.07) is 16.1. The molecule has 0 aliphatic carbocycles. The summed E-state index contributed by atoms with van der Waals surface area (Å²) in [4.78, 5) is 4.56. The van der Waals surface area contributed by atoms with Gasteiger partial charge >= 0.3 is 0 Å². The molecule has 2 aromatic rings. The lowest BCUT2D eigenvalue weighted by Crippen LogP contribution is -2.59. The number of rotatable bonds is 11. The first-order valence-electron chi connectivity index (χ1n) is 12.1. The lowest BCUT2D eigenvalue weighted by atomic mass is 9.90. The maximum absolute atomic E-state index is 11.1. The predicted molar refractivity (Wildman–Crippen MR) is 137 cm³/mol. The Labute approximate surface area is 209 Å². The molecule has 1 saturated heterocycles. The van der Waals surface area contributed by atoms with Crippen LogP contribution in [0.2, 0.25) is 5.02 Å². The SMILES string of the molecule is CC(C)N(CCOc1ccc(CN2CC[C@H](O)[C@](O)(COc3cccc(Cl)c3)C2)cc1)C(C)C. The normalized spacial score (nSPS) is 21.4. The Hall–Kier alpha value is -1.83. The summed E-state index contributed by atoms with van der Waals surface area (Å²) in [6.07, 6.45) is -0.353. The first-order chi connectivity index (χ1) is 16.2. The van der Waals surface area contributed by atoms with Crippen LogP contribution >= 0.6 is 11.6 Å². The molecular formula is C27H39ClN2O4. The maximum atomic E-state index is 11.1. The molecular weight excluding hydrogens is 452 g/mol. The van der Waals surface area contributed by atoms with E-state index in [1.165, 1.54) is 0 Å². The molecule has 0 saturated carbocycles. The average Bonchev–Trinajstić information content (AvgIpc) is 2.78. The Kier molecular flexibility index (Phi) is 9.63. The fraction of sp³-hybridized carbons (Fsp3) is 0.556. The smallest absolute Gasteiger partial charge is 0.137 e. The number of ether oxygens (including phenoxy) is 2. The van der Waals surface area contributed by atoms with Crippen LogP contribution in [-0.2, 0) is 6.54 Å². The number of aliphatic hydroxyl groups excluding tert-OH is 1. The van der Waals surface area contributed by atoms with Gasteiger partial charge in [0.1, 0.15) is 30.3 Å². The second-order valence-electron chi connectivity index (χ2n) is 9.78. The first kappa shape index (κ1) is 26.8. The Bertz CT molecular complexity index is 884. The van der Waals surface area contributed by atoms with Crippen LogP contribution in [0, 0.1) is 0 Å². The average molecular weight is 491 g/mol. The summed E-state index contributed by atoms with van der Waals surface area (Å²) >= 11 is 6.01. The molecule has 6 nitrogen and oxygen atoms in total. The molecule has 2 aromatic carbocycles. The lowest BCUT2D eigenvalue weighted by molar-refractivity contribution is -0.140. The molecule has 1 fully saturated rings. The molecule has 1 heterocycles. The summed E-state index contributed by atoms with van der Waals surface area (Å²) < 4.78 is 11.7. The van der Waals surface area contributed by atoms with E-state index in [0.29, 0.717) is 55.5 Å². The molecule has 0 bridgehead atoms. The van der Waals surface area contributed by atoms with E-state index in [4.69, 9.17) is 21.1 Å². The zero-order valence-corrected chi connectivity index (χ0v) is 21.5. The summed E-state index contributed by atoms with van der Waals surface area (Å²) in [5, 5.41) is 22.1. The van der Waals surface area contributed by atoms with Crippen molar-refractivity contribution in [3.63, 3.8) is 0 Å². The number of piperidine rings is 1. The number of benzene rings is 2. The Morgan fingerprint density at radius 1 is 1.06 bits per heavy atom. The van der Waals surface area contributed by atoms with E-state index in [2.05, 4.69) is 49.6 Å². The molecule has 3 rings (SSSR count). The standard InChI is InChI=1S/C27H39ClN2O4/c1-20(2)30(21(3)4)14-15-33-24-10-8-22(9-11-24)17-29-13-12-26(31)27(32,18-29)19-34-25-7-5-6-23(28)16-25/h5-11,16,20-21,26,31-32H,12-15,17-19H2,1-4H3/t26-,27+/m0/s1. The third-order valence-electron chi connectivity index (χ3n) is 6.40. The van der Waals surface area contributed by atoms with Gasteiger partial charge in [0, 0.05) is 43.3 Å². The van der Waals surface area contributed by atoms with Crippen LogP contribution in [0.1, 0.15) is 39.7 Å². The Morgan fingerprint density at radius 3 is 2.41 bits per heavy atom. The molecule has 0 radical (unpaired) electrons. The van der Waals surface area contributed by atoms with Crippen LogP contribution in [0.5, 0.6) is 11.5 Å². The summed E-state index contributed by atoms with van der Waals surface area (Å²) in [5.41, 5.74) is -0.213. The van der Waals surface area contributed by atoms with Gasteiger partial charge in [-0.1, -0.05) is 29.8 Å². The van der Waals surface area contributed by atoms with Gasteiger partial charge in [0.05, 0.1) is 6.10 Å². The lowest BCUT2D eigenvalue weighted by Gasteiger charge is -2.42. The van der Waals surface area contributed by atoms with Gasteiger partial charge in [-0.25, -0.2) is 0 Å². The minimum absolute atomic E-state index is 0.00155. The van der Waals surface area contributed by atoms with Gasteiger partial charge in [0.2, 0.25) is 0 Å². The molecule has 7 heteroatoms. The van der Waals surface area contributed by atoms with E-state index in [0.717, 1.165) is 17.9 Å². The van der Waals surface area contributed by atoms with Crippen molar-refractivity contribution in [1.29, 1.82) is 0 Å². The zero-order chi connectivity index (χ0) is 24.7. The monoisotopic (exact) mass is 490 g/mol. The molecule has 2 atom stereocenters. The van der Waals surface area contributed by atoms with Gasteiger partial charge in [0.25, 0.3) is 0 Å². The topological polar surface area (TPSA) is 65.4 Å². The molecule has 0 amide bonds. The van der Waals surface area contributed by atoms with Crippen LogP contribution in [0.3, 0.4) is 0 Å². The Morgan fingerprint density at radius 2 is 1.76 bits per heavy atom. The second kappa shape index (κ2) is 12.2. The van der Waals surface area contributed by atoms with Gasteiger partial charge in [-0.2, -0.15) is 0 Å². The van der Waals surface area contributed by atoms with Gasteiger partial charge in [-0.05, 0) is 70.0 Å². The summed E-state index contributed by atoms with van der Waals surface area (Å²) in [6.45, 7) is 12.1. The number of β-amino-alcohol motifs (C(OH)–C–C–N with tert-alkyl or cyclic N) is 1. The highest BCUT2D eigenvalue weighted by Gasteiger charge is 2.42. The van der Waals surface area contributed by atoms with Crippen molar-refractivity contribution in [1.82, 2.24) is 9.80 Å². The highest BCUT2D eigenvalue weighted by molar-refractivity contribution is 6.30. The van der Waals surface area contributed by atoms with E-state index in [1.807, 2.05) is 12.1 Å². The first-order valence-corrected chi connectivity index (χ1v) is 12.5.